The molecule has 0 aliphatic heterocycles. The van der Waals surface area contributed by atoms with Gasteiger partial charge < -0.3 is 19.7 Å². The number of nitriles is 1. The van der Waals surface area contributed by atoms with Gasteiger partial charge in [-0.2, -0.15) is 5.26 Å². The van der Waals surface area contributed by atoms with Crippen molar-refractivity contribution in [3.05, 3.63) is 48.2 Å². The number of benzene rings is 2. The minimum Gasteiger partial charge on any atom is -0.496 e. The van der Waals surface area contributed by atoms with E-state index >= 15 is 0 Å². The Morgan fingerprint density at radius 3 is 2.46 bits per heavy atom. The molecular formula is C20H20N4O2. The van der Waals surface area contributed by atoms with Crippen LogP contribution in [0, 0.1) is 11.3 Å². The molecule has 1 N–H and O–H groups in total. The Labute approximate surface area is 152 Å². The summed E-state index contributed by atoms with van der Waals surface area (Å²) in [6, 6.07) is 13.8. The summed E-state index contributed by atoms with van der Waals surface area (Å²) in [6.45, 7) is 0. The van der Waals surface area contributed by atoms with E-state index in [1.807, 2.05) is 49.3 Å². The van der Waals surface area contributed by atoms with Crippen LogP contribution >= 0.6 is 0 Å². The van der Waals surface area contributed by atoms with Gasteiger partial charge in [0.2, 0.25) is 0 Å². The van der Waals surface area contributed by atoms with E-state index in [1.165, 1.54) is 0 Å². The first-order valence-corrected chi connectivity index (χ1v) is 8.07. The molecule has 3 aromatic rings. The summed E-state index contributed by atoms with van der Waals surface area (Å²) in [7, 11) is 7.15. The highest BCUT2D eigenvalue weighted by atomic mass is 16.5. The SMILES string of the molecule is COc1ccc(OC)c2c(Nc3cccc(N(C)C)c3)c(C#N)cnc12. The summed E-state index contributed by atoms with van der Waals surface area (Å²) in [6.07, 6.45) is 1.54. The third kappa shape index (κ3) is 3.07. The van der Waals surface area contributed by atoms with E-state index < -0.39 is 0 Å². The summed E-state index contributed by atoms with van der Waals surface area (Å²) >= 11 is 0. The molecule has 0 atom stereocenters. The number of fused-ring (bicyclic) bond motifs is 1. The molecule has 0 saturated carbocycles. The fraction of sp³-hybridized carbons (Fsp3) is 0.200. The Hall–Kier alpha value is -3.46. The molecule has 1 heterocycles. The van der Waals surface area contributed by atoms with E-state index in [9.17, 15) is 5.26 Å². The molecule has 0 fully saturated rings. The average Bonchev–Trinajstić information content (AvgIpc) is 2.67. The molecule has 2 aromatic carbocycles. The predicted molar refractivity (Wildman–Crippen MR) is 104 cm³/mol. The number of rotatable bonds is 5. The number of anilines is 3. The van der Waals surface area contributed by atoms with Crippen molar-refractivity contribution in [3.8, 4) is 17.6 Å². The maximum Gasteiger partial charge on any atom is 0.145 e. The maximum atomic E-state index is 9.58. The molecule has 0 spiro atoms. The molecule has 3 rings (SSSR count). The Balaban J connectivity index is 2.24. The Morgan fingerprint density at radius 2 is 1.81 bits per heavy atom. The molecule has 0 unspecified atom stereocenters. The lowest BCUT2D eigenvalue weighted by Gasteiger charge is -2.17. The van der Waals surface area contributed by atoms with E-state index in [4.69, 9.17) is 9.47 Å². The predicted octanol–water partition coefficient (Wildman–Crippen LogP) is 3.93. The number of methoxy groups -OCH3 is 2. The summed E-state index contributed by atoms with van der Waals surface area (Å²) in [5, 5.41) is 13.7. The van der Waals surface area contributed by atoms with Gasteiger partial charge in [-0.05, 0) is 30.3 Å². The zero-order valence-electron chi connectivity index (χ0n) is 15.2. The van der Waals surface area contributed by atoms with E-state index in [1.54, 1.807) is 26.5 Å². The maximum absolute atomic E-state index is 9.58. The average molecular weight is 348 g/mol. The monoisotopic (exact) mass is 348 g/mol. The Morgan fingerprint density at radius 1 is 1.08 bits per heavy atom. The van der Waals surface area contributed by atoms with Crippen LogP contribution in [-0.2, 0) is 0 Å². The number of hydrogen-bond acceptors (Lipinski definition) is 6. The number of pyridine rings is 1. The topological polar surface area (TPSA) is 70.4 Å². The molecular weight excluding hydrogens is 328 g/mol. The molecule has 0 aliphatic carbocycles. The van der Waals surface area contributed by atoms with Crippen LogP contribution in [0.4, 0.5) is 17.1 Å². The number of nitrogens with zero attached hydrogens (tertiary/aromatic N) is 3. The minimum atomic E-state index is 0.430. The van der Waals surface area contributed by atoms with Gasteiger partial charge in [-0.25, -0.2) is 0 Å². The van der Waals surface area contributed by atoms with Gasteiger partial charge in [-0.1, -0.05) is 6.07 Å². The summed E-state index contributed by atoms with van der Waals surface area (Å²) in [4.78, 5) is 6.42. The van der Waals surface area contributed by atoms with Crippen molar-refractivity contribution in [2.45, 2.75) is 0 Å². The van der Waals surface area contributed by atoms with Crippen molar-refractivity contribution in [1.82, 2.24) is 4.98 Å². The first-order chi connectivity index (χ1) is 12.6. The molecule has 0 amide bonds. The lowest BCUT2D eigenvalue weighted by atomic mass is 10.1. The highest BCUT2D eigenvalue weighted by Crippen LogP contribution is 2.39. The summed E-state index contributed by atoms with van der Waals surface area (Å²) in [5.74, 6) is 1.24. The molecule has 6 nitrogen and oxygen atoms in total. The van der Waals surface area contributed by atoms with Crippen molar-refractivity contribution in [3.63, 3.8) is 0 Å². The van der Waals surface area contributed by atoms with Crippen LogP contribution in [0.5, 0.6) is 11.5 Å². The fourth-order valence-electron chi connectivity index (χ4n) is 2.81. The zero-order chi connectivity index (χ0) is 18.7. The summed E-state index contributed by atoms with van der Waals surface area (Å²) in [5.41, 5.74) is 3.63. The largest absolute Gasteiger partial charge is 0.496 e. The van der Waals surface area contributed by atoms with Crippen molar-refractivity contribution >= 4 is 28.0 Å². The third-order valence-corrected chi connectivity index (χ3v) is 4.14. The molecule has 0 saturated heterocycles. The smallest absolute Gasteiger partial charge is 0.145 e. The van der Waals surface area contributed by atoms with E-state index in [0.717, 1.165) is 11.4 Å². The molecule has 6 heteroatoms. The van der Waals surface area contributed by atoms with Gasteiger partial charge in [-0.15, -0.1) is 0 Å². The lowest BCUT2D eigenvalue weighted by Crippen LogP contribution is -2.08. The molecule has 0 aliphatic rings. The zero-order valence-corrected chi connectivity index (χ0v) is 15.2. The number of aromatic nitrogens is 1. The van der Waals surface area contributed by atoms with Crippen LogP contribution in [0.25, 0.3) is 10.9 Å². The minimum absolute atomic E-state index is 0.430. The van der Waals surface area contributed by atoms with Gasteiger partial charge >= 0.3 is 0 Å². The van der Waals surface area contributed by atoms with Crippen LogP contribution in [0.2, 0.25) is 0 Å². The Kier molecular flexibility index (Phi) is 4.81. The first kappa shape index (κ1) is 17.4. The van der Waals surface area contributed by atoms with E-state index in [-0.39, 0.29) is 0 Å². The van der Waals surface area contributed by atoms with Crippen LogP contribution in [0.15, 0.2) is 42.6 Å². The molecule has 1 aromatic heterocycles. The number of nitrogens with one attached hydrogen (secondary N) is 1. The fourth-order valence-corrected chi connectivity index (χ4v) is 2.81. The van der Waals surface area contributed by atoms with Crippen molar-refractivity contribution < 1.29 is 9.47 Å². The van der Waals surface area contributed by atoms with Gasteiger partial charge in [0.25, 0.3) is 0 Å². The highest BCUT2D eigenvalue weighted by Gasteiger charge is 2.17. The van der Waals surface area contributed by atoms with Gasteiger partial charge in [0.1, 0.15) is 23.1 Å². The van der Waals surface area contributed by atoms with Crippen molar-refractivity contribution in [2.75, 3.05) is 38.5 Å². The molecule has 0 radical (unpaired) electrons. The van der Waals surface area contributed by atoms with Gasteiger partial charge in [0.15, 0.2) is 0 Å². The van der Waals surface area contributed by atoms with Crippen LogP contribution in [0.1, 0.15) is 5.56 Å². The second-order valence-corrected chi connectivity index (χ2v) is 5.92. The van der Waals surface area contributed by atoms with Crippen molar-refractivity contribution in [2.24, 2.45) is 0 Å². The molecule has 0 bridgehead atoms. The molecule has 26 heavy (non-hydrogen) atoms. The number of hydrogen-bond donors (Lipinski definition) is 1. The van der Waals surface area contributed by atoms with Crippen LogP contribution in [0.3, 0.4) is 0 Å². The van der Waals surface area contributed by atoms with E-state index in [2.05, 4.69) is 16.4 Å². The third-order valence-electron chi connectivity index (χ3n) is 4.14. The van der Waals surface area contributed by atoms with Gasteiger partial charge in [0, 0.05) is 31.7 Å². The second-order valence-electron chi connectivity index (χ2n) is 5.92. The van der Waals surface area contributed by atoms with Crippen LogP contribution < -0.4 is 19.7 Å². The van der Waals surface area contributed by atoms with Crippen molar-refractivity contribution in [1.29, 1.82) is 5.26 Å². The van der Waals surface area contributed by atoms with Gasteiger partial charge in [-0.3, -0.25) is 4.98 Å². The van der Waals surface area contributed by atoms with Crippen LogP contribution in [-0.4, -0.2) is 33.3 Å². The normalized spacial score (nSPS) is 10.3. The van der Waals surface area contributed by atoms with E-state index in [0.29, 0.717) is 33.7 Å². The molecule has 132 valence electrons. The standard InChI is InChI=1S/C20H20N4O2/c1-24(2)15-7-5-6-14(10-15)23-19-13(11-21)12-22-20-17(26-4)9-8-16(25-3)18(19)20/h5-10,12H,1-4H3,(H,22,23). The lowest BCUT2D eigenvalue weighted by molar-refractivity contribution is 0.410. The number of ether oxygens (including phenoxy) is 2. The Bertz CT molecular complexity index is 993. The van der Waals surface area contributed by atoms with Gasteiger partial charge in [0.05, 0.1) is 30.9 Å². The quantitative estimate of drug-likeness (QED) is 0.753. The highest BCUT2D eigenvalue weighted by molar-refractivity contribution is 6.02. The first-order valence-electron chi connectivity index (χ1n) is 8.07. The summed E-state index contributed by atoms with van der Waals surface area (Å²) < 4.78 is 10.9. The second kappa shape index (κ2) is 7.19.